The highest BCUT2D eigenvalue weighted by atomic mass is 15.1. The summed E-state index contributed by atoms with van der Waals surface area (Å²) in [5.41, 5.74) is 7.15. The van der Waals surface area contributed by atoms with E-state index in [0.29, 0.717) is 12.4 Å². The molecule has 0 radical (unpaired) electrons. The van der Waals surface area contributed by atoms with Gasteiger partial charge < -0.3 is 10.3 Å². The Labute approximate surface area is 101 Å². The first kappa shape index (κ1) is 12.8. The van der Waals surface area contributed by atoms with Crippen LogP contribution >= 0.6 is 0 Å². The molecule has 4 nitrogen and oxygen atoms in total. The van der Waals surface area contributed by atoms with Gasteiger partial charge in [-0.1, -0.05) is 44.2 Å². The van der Waals surface area contributed by atoms with Gasteiger partial charge >= 0.3 is 0 Å². The van der Waals surface area contributed by atoms with Crippen molar-refractivity contribution >= 4 is 5.82 Å². The first-order chi connectivity index (χ1) is 8.31. The van der Waals surface area contributed by atoms with E-state index < -0.39 is 0 Å². The predicted octanol–water partition coefficient (Wildman–Crippen LogP) is 2.41. The van der Waals surface area contributed by atoms with Crippen LogP contribution in [-0.2, 0) is 6.54 Å². The van der Waals surface area contributed by atoms with E-state index >= 15 is 0 Å². The second-order valence-corrected chi connectivity index (χ2v) is 3.20. The Bertz CT molecular complexity index is 494. The van der Waals surface area contributed by atoms with Gasteiger partial charge in [0, 0.05) is 0 Å². The molecule has 0 saturated heterocycles. The first-order valence-corrected chi connectivity index (χ1v) is 5.56. The minimum atomic E-state index is 0.283. The van der Waals surface area contributed by atoms with Gasteiger partial charge in [-0.25, -0.2) is 4.98 Å². The molecule has 0 aliphatic rings. The standard InChI is InChI=1S/C11H10N4.C2H6/c12-6-10-11(13)15(8-14-10)7-9-4-2-1-3-5-9;1-2/h1-5,8H,7,13H2;1-2H3. The fraction of sp³-hybridized carbons (Fsp3) is 0.231. The van der Waals surface area contributed by atoms with Crippen molar-refractivity contribution in [3.63, 3.8) is 0 Å². The van der Waals surface area contributed by atoms with Gasteiger partial charge in [0.1, 0.15) is 11.9 Å². The second kappa shape index (κ2) is 6.33. The van der Waals surface area contributed by atoms with Crippen LogP contribution in [0.5, 0.6) is 0 Å². The van der Waals surface area contributed by atoms with Crippen LogP contribution in [-0.4, -0.2) is 9.55 Å². The van der Waals surface area contributed by atoms with E-state index in [9.17, 15) is 0 Å². The van der Waals surface area contributed by atoms with Gasteiger partial charge in [-0.15, -0.1) is 0 Å². The SMILES string of the molecule is CC.N#Cc1ncn(Cc2ccccc2)c1N. The maximum atomic E-state index is 8.69. The molecule has 1 aromatic heterocycles. The largest absolute Gasteiger partial charge is 0.383 e. The number of nitrogen functional groups attached to an aromatic ring is 1. The summed E-state index contributed by atoms with van der Waals surface area (Å²) in [4.78, 5) is 3.91. The molecule has 0 saturated carbocycles. The Morgan fingerprint density at radius 2 is 1.94 bits per heavy atom. The molecule has 17 heavy (non-hydrogen) atoms. The maximum absolute atomic E-state index is 8.69. The summed E-state index contributed by atoms with van der Waals surface area (Å²) in [5, 5.41) is 8.69. The summed E-state index contributed by atoms with van der Waals surface area (Å²) in [6.07, 6.45) is 1.58. The van der Waals surface area contributed by atoms with E-state index in [1.54, 1.807) is 10.9 Å². The molecule has 0 unspecified atom stereocenters. The molecule has 2 rings (SSSR count). The molecule has 0 aliphatic carbocycles. The number of hydrogen-bond donors (Lipinski definition) is 1. The van der Waals surface area contributed by atoms with Crippen LogP contribution in [0.15, 0.2) is 36.7 Å². The average molecular weight is 228 g/mol. The number of nitriles is 1. The highest BCUT2D eigenvalue weighted by Gasteiger charge is 2.06. The summed E-state index contributed by atoms with van der Waals surface area (Å²) >= 11 is 0. The van der Waals surface area contributed by atoms with Crippen LogP contribution < -0.4 is 5.73 Å². The van der Waals surface area contributed by atoms with Crippen molar-refractivity contribution in [1.29, 1.82) is 5.26 Å². The molecular weight excluding hydrogens is 212 g/mol. The van der Waals surface area contributed by atoms with Gasteiger partial charge in [-0.3, -0.25) is 0 Å². The highest BCUT2D eigenvalue weighted by Crippen LogP contribution is 2.11. The van der Waals surface area contributed by atoms with Crippen molar-refractivity contribution in [2.45, 2.75) is 20.4 Å². The predicted molar refractivity (Wildman–Crippen MR) is 68.2 cm³/mol. The number of nitrogens with zero attached hydrogens (tertiary/aromatic N) is 3. The lowest BCUT2D eigenvalue weighted by Crippen LogP contribution is -2.03. The molecule has 0 spiro atoms. The van der Waals surface area contributed by atoms with Gasteiger partial charge in [-0.05, 0) is 5.56 Å². The van der Waals surface area contributed by atoms with Crippen molar-refractivity contribution in [3.8, 4) is 6.07 Å². The average Bonchev–Trinajstić information content (AvgIpc) is 2.74. The summed E-state index contributed by atoms with van der Waals surface area (Å²) in [6, 6.07) is 11.8. The lowest BCUT2D eigenvalue weighted by atomic mass is 10.2. The van der Waals surface area contributed by atoms with E-state index in [4.69, 9.17) is 11.0 Å². The van der Waals surface area contributed by atoms with Crippen LogP contribution in [0.4, 0.5) is 5.82 Å². The summed E-state index contributed by atoms with van der Waals surface area (Å²) in [6.45, 7) is 4.64. The molecule has 1 heterocycles. The van der Waals surface area contributed by atoms with Gasteiger partial charge in [0.15, 0.2) is 5.69 Å². The molecule has 0 amide bonds. The van der Waals surface area contributed by atoms with Gasteiger partial charge in [0.05, 0.1) is 12.9 Å². The number of rotatable bonds is 2. The zero-order chi connectivity index (χ0) is 12.7. The van der Waals surface area contributed by atoms with Gasteiger partial charge in [-0.2, -0.15) is 5.26 Å². The van der Waals surface area contributed by atoms with Gasteiger partial charge in [0.25, 0.3) is 0 Å². The molecule has 0 fully saturated rings. The number of aromatic nitrogens is 2. The van der Waals surface area contributed by atoms with Crippen LogP contribution in [0.25, 0.3) is 0 Å². The number of anilines is 1. The van der Waals surface area contributed by atoms with E-state index in [2.05, 4.69) is 4.98 Å². The topological polar surface area (TPSA) is 67.6 Å². The van der Waals surface area contributed by atoms with Crippen molar-refractivity contribution in [2.24, 2.45) is 0 Å². The minimum Gasteiger partial charge on any atom is -0.383 e. The van der Waals surface area contributed by atoms with Crippen molar-refractivity contribution in [2.75, 3.05) is 5.73 Å². The Hall–Kier alpha value is -2.28. The summed E-state index contributed by atoms with van der Waals surface area (Å²) < 4.78 is 1.76. The lowest BCUT2D eigenvalue weighted by Gasteiger charge is -2.04. The van der Waals surface area contributed by atoms with E-state index in [0.717, 1.165) is 5.56 Å². The zero-order valence-electron chi connectivity index (χ0n) is 10.1. The number of nitrogens with two attached hydrogens (primary N) is 1. The molecular formula is C13H16N4. The third-order valence-electron chi connectivity index (χ3n) is 2.18. The molecule has 0 atom stereocenters. The summed E-state index contributed by atoms with van der Waals surface area (Å²) in [5.74, 6) is 0.418. The normalized spacial score (nSPS) is 9.00. The number of benzene rings is 1. The van der Waals surface area contributed by atoms with E-state index in [1.807, 2.05) is 50.2 Å². The fourth-order valence-corrected chi connectivity index (χ4v) is 1.38. The quantitative estimate of drug-likeness (QED) is 0.858. The molecule has 2 aromatic rings. The summed E-state index contributed by atoms with van der Waals surface area (Å²) in [7, 11) is 0. The maximum Gasteiger partial charge on any atom is 0.182 e. The van der Waals surface area contributed by atoms with Crippen molar-refractivity contribution < 1.29 is 0 Å². The fourth-order valence-electron chi connectivity index (χ4n) is 1.38. The zero-order valence-corrected chi connectivity index (χ0v) is 10.1. The van der Waals surface area contributed by atoms with E-state index in [1.165, 1.54) is 0 Å². The third-order valence-corrected chi connectivity index (χ3v) is 2.18. The lowest BCUT2D eigenvalue weighted by molar-refractivity contribution is 0.808. The Morgan fingerprint density at radius 3 is 2.47 bits per heavy atom. The monoisotopic (exact) mass is 228 g/mol. The molecule has 0 aliphatic heterocycles. The minimum absolute atomic E-state index is 0.283. The molecule has 88 valence electrons. The smallest absolute Gasteiger partial charge is 0.182 e. The van der Waals surface area contributed by atoms with Gasteiger partial charge in [0.2, 0.25) is 0 Å². The number of imidazole rings is 1. The van der Waals surface area contributed by atoms with Crippen LogP contribution in [0.3, 0.4) is 0 Å². The third kappa shape index (κ3) is 3.08. The van der Waals surface area contributed by atoms with Crippen molar-refractivity contribution in [3.05, 3.63) is 47.9 Å². The number of hydrogen-bond acceptors (Lipinski definition) is 3. The highest BCUT2D eigenvalue weighted by molar-refractivity contribution is 5.44. The molecule has 1 aromatic carbocycles. The molecule has 0 bridgehead atoms. The molecule has 4 heteroatoms. The van der Waals surface area contributed by atoms with Crippen LogP contribution in [0, 0.1) is 11.3 Å². The van der Waals surface area contributed by atoms with E-state index in [-0.39, 0.29) is 5.69 Å². The van der Waals surface area contributed by atoms with Crippen molar-refractivity contribution in [1.82, 2.24) is 9.55 Å². The van der Waals surface area contributed by atoms with Crippen LogP contribution in [0.1, 0.15) is 25.1 Å². The Balaban J connectivity index is 0.000000686. The first-order valence-electron chi connectivity index (χ1n) is 5.56. The second-order valence-electron chi connectivity index (χ2n) is 3.20. The Morgan fingerprint density at radius 1 is 1.29 bits per heavy atom. The Kier molecular flexibility index (Phi) is 4.77. The van der Waals surface area contributed by atoms with Crippen LogP contribution in [0.2, 0.25) is 0 Å². The molecule has 2 N–H and O–H groups in total.